The molecule has 0 aromatic carbocycles. The zero-order chi connectivity index (χ0) is 12.3. The van der Waals surface area contributed by atoms with Crippen LogP contribution in [0.5, 0.6) is 0 Å². The molecule has 17 heavy (non-hydrogen) atoms. The number of halogens is 1. The maximum absolute atomic E-state index is 5.90. The number of hydrogen-bond donors (Lipinski definition) is 1. The van der Waals surface area contributed by atoms with Gasteiger partial charge in [0, 0.05) is 17.5 Å². The Morgan fingerprint density at radius 3 is 2.82 bits per heavy atom. The second-order valence-electron chi connectivity index (χ2n) is 4.97. The van der Waals surface area contributed by atoms with Crippen LogP contribution < -0.4 is 5.73 Å². The summed E-state index contributed by atoms with van der Waals surface area (Å²) in [6.45, 7) is 1.89. The Morgan fingerprint density at radius 2 is 2.18 bits per heavy atom. The van der Waals surface area contributed by atoms with E-state index in [9.17, 15) is 0 Å². The van der Waals surface area contributed by atoms with Crippen LogP contribution in [-0.2, 0) is 6.54 Å². The molecule has 4 heteroatoms. The molecule has 0 saturated heterocycles. The molecule has 2 atom stereocenters. The molecular weight excluding hydrogens is 296 g/mol. The van der Waals surface area contributed by atoms with Gasteiger partial charge in [0.25, 0.3) is 0 Å². The van der Waals surface area contributed by atoms with Crippen molar-refractivity contribution in [1.82, 2.24) is 4.90 Å². The van der Waals surface area contributed by atoms with Gasteiger partial charge in [0.2, 0.25) is 0 Å². The van der Waals surface area contributed by atoms with Gasteiger partial charge in [-0.25, -0.2) is 0 Å². The molecule has 2 rings (SSSR count). The lowest BCUT2D eigenvalue weighted by Crippen LogP contribution is -2.42. The highest BCUT2D eigenvalue weighted by Gasteiger charge is 2.27. The van der Waals surface area contributed by atoms with E-state index in [2.05, 4.69) is 40.0 Å². The van der Waals surface area contributed by atoms with E-state index in [-0.39, 0.29) is 0 Å². The molecular formula is C13H21BrN2S. The summed E-state index contributed by atoms with van der Waals surface area (Å²) in [5.74, 6) is 0.692. The maximum atomic E-state index is 5.90. The highest BCUT2D eigenvalue weighted by atomic mass is 79.9. The van der Waals surface area contributed by atoms with Crippen LogP contribution in [0.25, 0.3) is 0 Å². The van der Waals surface area contributed by atoms with Crippen LogP contribution >= 0.6 is 27.3 Å². The minimum absolute atomic E-state index is 0.676. The first-order chi connectivity index (χ1) is 8.20. The molecule has 1 aliphatic carbocycles. The summed E-state index contributed by atoms with van der Waals surface area (Å²) in [5.41, 5.74) is 5.90. The van der Waals surface area contributed by atoms with Gasteiger partial charge >= 0.3 is 0 Å². The Hall–Kier alpha value is 0.1000. The molecule has 1 aliphatic rings. The molecule has 1 aromatic rings. The van der Waals surface area contributed by atoms with Crippen LogP contribution in [0.3, 0.4) is 0 Å². The molecule has 1 aromatic heterocycles. The van der Waals surface area contributed by atoms with Crippen molar-refractivity contribution in [1.29, 1.82) is 0 Å². The summed E-state index contributed by atoms with van der Waals surface area (Å²) in [6.07, 6.45) is 5.33. The van der Waals surface area contributed by atoms with E-state index in [0.717, 1.165) is 13.1 Å². The van der Waals surface area contributed by atoms with Crippen LogP contribution in [0.1, 0.15) is 30.6 Å². The summed E-state index contributed by atoms with van der Waals surface area (Å²) < 4.78 is 1.22. The first-order valence-corrected chi connectivity index (χ1v) is 7.96. The predicted octanol–water partition coefficient (Wildman–Crippen LogP) is 3.46. The molecule has 0 radical (unpaired) electrons. The lowest BCUT2D eigenvalue weighted by molar-refractivity contribution is 0.128. The summed E-state index contributed by atoms with van der Waals surface area (Å²) in [7, 11) is 2.24. The first-order valence-electron chi connectivity index (χ1n) is 6.35. The monoisotopic (exact) mass is 316 g/mol. The molecule has 2 nitrogen and oxygen atoms in total. The van der Waals surface area contributed by atoms with Crippen molar-refractivity contribution in [2.75, 3.05) is 13.6 Å². The van der Waals surface area contributed by atoms with E-state index in [1.165, 1.54) is 34.3 Å². The summed E-state index contributed by atoms with van der Waals surface area (Å²) in [6, 6.07) is 5.02. The van der Waals surface area contributed by atoms with E-state index >= 15 is 0 Å². The Bertz CT molecular complexity index is 353. The van der Waals surface area contributed by atoms with Gasteiger partial charge in [0.15, 0.2) is 0 Å². The second-order valence-corrected chi connectivity index (χ2v) is 7.52. The molecule has 1 saturated carbocycles. The number of rotatable bonds is 4. The van der Waals surface area contributed by atoms with Crippen molar-refractivity contribution >= 4 is 27.3 Å². The molecule has 1 heterocycles. The van der Waals surface area contributed by atoms with Crippen molar-refractivity contribution in [3.63, 3.8) is 0 Å². The Kier molecular flexibility index (Phi) is 5.03. The maximum Gasteiger partial charge on any atom is 0.0701 e. The van der Waals surface area contributed by atoms with E-state index in [1.807, 2.05) is 11.3 Å². The van der Waals surface area contributed by atoms with Gasteiger partial charge in [-0.1, -0.05) is 12.8 Å². The number of nitrogens with two attached hydrogens (primary N) is 1. The third kappa shape index (κ3) is 3.53. The Labute approximate surface area is 116 Å². The van der Waals surface area contributed by atoms with Crippen molar-refractivity contribution < 1.29 is 0 Å². The summed E-state index contributed by atoms with van der Waals surface area (Å²) in [5, 5.41) is 0. The topological polar surface area (TPSA) is 29.3 Å². The zero-order valence-corrected chi connectivity index (χ0v) is 12.8. The Morgan fingerprint density at radius 1 is 1.41 bits per heavy atom. The SMILES string of the molecule is CN(Cc1ccc(Br)s1)C1CCCCC1CN. The molecule has 1 fully saturated rings. The molecule has 0 aliphatic heterocycles. The average Bonchev–Trinajstić information content (AvgIpc) is 2.74. The first kappa shape index (κ1) is 13.5. The van der Waals surface area contributed by atoms with Crippen LogP contribution in [-0.4, -0.2) is 24.5 Å². The number of thiophene rings is 1. The van der Waals surface area contributed by atoms with Gasteiger partial charge in [-0.15, -0.1) is 11.3 Å². The highest BCUT2D eigenvalue weighted by molar-refractivity contribution is 9.11. The van der Waals surface area contributed by atoms with E-state index in [0.29, 0.717) is 12.0 Å². The molecule has 0 spiro atoms. The standard InChI is InChI=1S/C13H21BrN2S/c1-16(9-11-6-7-13(14)17-11)12-5-3-2-4-10(12)8-15/h6-7,10,12H,2-5,8-9,15H2,1H3. The van der Waals surface area contributed by atoms with Crippen molar-refractivity contribution in [3.8, 4) is 0 Å². The lowest BCUT2D eigenvalue weighted by Gasteiger charge is -2.37. The third-order valence-electron chi connectivity index (χ3n) is 3.77. The molecule has 2 unspecified atom stereocenters. The van der Waals surface area contributed by atoms with Gasteiger partial charge in [-0.3, -0.25) is 4.90 Å². The summed E-state index contributed by atoms with van der Waals surface area (Å²) >= 11 is 5.36. The van der Waals surface area contributed by atoms with Crippen LogP contribution in [0.2, 0.25) is 0 Å². The zero-order valence-electron chi connectivity index (χ0n) is 10.4. The largest absolute Gasteiger partial charge is 0.330 e. The van der Waals surface area contributed by atoms with E-state index in [1.54, 1.807) is 0 Å². The average molecular weight is 317 g/mol. The van der Waals surface area contributed by atoms with E-state index < -0.39 is 0 Å². The predicted molar refractivity (Wildman–Crippen MR) is 78.3 cm³/mol. The fourth-order valence-electron chi connectivity index (χ4n) is 2.84. The lowest BCUT2D eigenvalue weighted by atomic mass is 9.84. The van der Waals surface area contributed by atoms with Gasteiger partial charge in [-0.05, 0) is 60.4 Å². The van der Waals surface area contributed by atoms with Crippen LogP contribution in [0, 0.1) is 5.92 Å². The van der Waals surface area contributed by atoms with Gasteiger partial charge < -0.3 is 5.73 Å². The minimum atomic E-state index is 0.676. The third-order valence-corrected chi connectivity index (χ3v) is 5.38. The minimum Gasteiger partial charge on any atom is -0.330 e. The molecule has 96 valence electrons. The molecule has 0 amide bonds. The van der Waals surface area contributed by atoms with Crippen LogP contribution in [0.15, 0.2) is 15.9 Å². The smallest absolute Gasteiger partial charge is 0.0701 e. The molecule has 0 bridgehead atoms. The summed E-state index contributed by atoms with van der Waals surface area (Å²) in [4.78, 5) is 3.93. The second kappa shape index (κ2) is 6.32. The van der Waals surface area contributed by atoms with Gasteiger partial charge in [0.1, 0.15) is 0 Å². The van der Waals surface area contributed by atoms with Crippen molar-refractivity contribution in [2.24, 2.45) is 11.7 Å². The van der Waals surface area contributed by atoms with Crippen LogP contribution in [0.4, 0.5) is 0 Å². The Balaban J connectivity index is 1.95. The fraction of sp³-hybridized carbons (Fsp3) is 0.692. The van der Waals surface area contributed by atoms with Crippen molar-refractivity contribution in [3.05, 3.63) is 20.8 Å². The van der Waals surface area contributed by atoms with Gasteiger partial charge in [0.05, 0.1) is 3.79 Å². The van der Waals surface area contributed by atoms with Crippen molar-refractivity contribution in [2.45, 2.75) is 38.3 Å². The highest BCUT2D eigenvalue weighted by Crippen LogP contribution is 2.29. The number of nitrogens with zero attached hydrogens (tertiary/aromatic N) is 1. The number of hydrogen-bond acceptors (Lipinski definition) is 3. The molecule has 2 N–H and O–H groups in total. The quantitative estimate of drug-likeness (QED) is 0.921. The normalized spacial score (nSPS) is 25.4. The van der Waals surface area contributed by atoms with Gasteiger partial charge in [-0.2, -0.15) is 0 Å². The fourth-order valence-corrected chi connectivity index (χ4v) is 4.39. The van der Waals surface area contributed by atoms with E-state index in [4.69, 9.17) is 5.73 Å².